The smallest absolute Gasteiger partial charge is 0.142 e. The minimum atomic E-state index is -0.365. The molecule has 2 aromatic rings. The number of hydrogen-bond acceptors (Lipinski definition) is 1. The number of rotatable bonds is 5. The molecular formula is C17H19ClFN. The highest BCUT2D eigenvalue weighted by molar-refractivity contribution is 6.31. The fourth-order valence-corrected chi connectivity index (χ4v) is 2.66. The topological polar surface area (TPSA) is 12.0 Å². The molecular weight excluding hydrogens is 273 g/mol. The first-order chi connectivity index (χ1) is 9.61. The third-order valence-electron chi connectivity index (χ3n) is 3.33. The largest absolute Gasteiger partial charge is 0.310 e. The molecule has 0 saturated carbocycles. The molecule has 0 spiro atoms. The zero-order chi connectivity index (χ0) is 14.5. The average molecular weight is 292 g/mol. The molecule has 2 aromatic carbocycles. The fourth-order valence-electron chi connectivity index (χ4n) is 2.40. The van der Waals surface area contributed by atoms with E-state index in [4.69, 9.17) is 11.6 Å². The highest BCUT2D eigenvalue weighted by Crippen LogP contribution is 2.28. The number of halogens is 2. The Balaban J connectivity index is 2.29. The average Bonchev–Trinajstić information content (AvgIpc) is 2.42. The third kappa shape index (κ3) is 3.59. The van der Waals surface area contributed by atoms with Gasteiger partial charge in [0.1, 0.15) is 5.82 Å². The lowest BCUT2D eigenvalue weighted by atomic mass is 9.97. The predicted octanol–water partition coefficient (Wildman–Crippen LogP) is 4.68. The van der Waals surface area contributed by atoms with Gasteiger partial charge < -0.3 is 5.32 Å². The maximum atomic E-state index is 13.6. The Bertz CT molecular complexity index is 583. The minimum absolute atomic E-state index is 0.0185. The van der Waals surface area contributed by atoms with Gasteiger partial charge in [-0.25, -0.2) is 4.39 Å². The zero-order valence-electron chi connectivity index (χ0n) is 11.8. The molecule has 1 atom stereocenters. The van der Waals surface area contributed by atoms with Crippen LogP contribution in [0.3, 0.4) is 0 Å². The van der Waals surface area contributed by atoms with Crippen LogP contribution < -0.4 is 5.32 Å². The van der Waals surface area contributed by atoms with E-state index >= 15 is 0 Å². The van der Waals surface area contributed by atoms with E-state index in [9.17, 15) is 4.39 Å². The summed E-state index contributed by atoms with van der Waals surface area (Å²) in [6.45, 7) is 4.92. The lowest BCUT2D eigenvalue weighted by Crippen LogP contribution is -2.23. The highest BCUT2D eigenvalue weighted by atomic mass is 35.5. The Kier molecular flexibility index (Phi) is 5.16. The summed E-state index contributed by atoms with van der Waals surface area (Å²) in [5.74, 6) is -0.365. The Morgan fingerprint density at radius 1 is 1.20 bits per heavy atom. The van der Waals surface area contributed by atoms with E-state index in [0.717, 1.165) is 18.5 Å². The predicted molar refractivity (Wildman–Crippen MR) is 82.7 cm³/mol. The Morgan fingerprint density at radius 3 is 2.65 bits per heavy atom. The molecule has 0 aliphatic heterocycles. The third-order valence-corrected chi connectivity index (χ3v) is 3.73. The van der Waals surface area contributed by atoms with E-state index in [-0.39, 0.29) is 16.9 Å². The first-order valence-corrected chi connectivity index (χ1v) is 7.22. The summed E-state index contributed by atoms with van der Waals surface area (Å²) in [5, 5.41) is 3.60. The van der Waals surface area contributed by atoms with Crippen molar-refractivity contribution in [1.82, 2.24) is 5.32 Å². The molecule has 1 nitrogen and oxygen atoms in total. The normalized spacial score (nSPS) is 12.4. The SMILES string of the molecule is CCNC(Cc1cccc(C)c1)c1cccc(F)c1Cl. The summed E-state index contributed by atoms with van der Waals surface area (Å²) in [5.41, 5.74) is 3.26. The van der Waals surface area contributed by atoms with Crippen LogP contribution >= 0.6 is 11.6 Å². The van der Waals surface area contributed by atoms with Crippen molar-refractivity contribution in [2.24, 2.45) is 0 Å². The number of nitrogens with one attached hydrogen (secondary N) is 1. The molecule has 0 bridgehead atoms. The summed E-state index contributed by atoms with van der Waals surface area (Å²) in [4.78, 5) is 0. The van der Waals surface area contributed by atoms with Crippen molar-refractivity contribution < 1.29 is 4.39 Å². The van der Waals surface area contributed by atoms with Crippen molar-refractivity contribution in [3.05, 3.63) is 70.0 Å². The van der Waals surface area contributed by atoms with Gasteiger partial charge in [0.05, 0.1) is 5.02 Å². The van der Waals surface area contributed by atoms with Gasteiger partial charge in [0.15, 0.2) is 0 Å². The second-order valence-electron chi connectivity index (χ2n) is 4.95. The molecule has 3 heteroatoms. The Hall–Kier alpha value is -1.38. The van der Waals surface area contributed by atoms with Gasteiger partial charge in [-0.3, -0.25) is 0 Å². The van der Waals surface area contributed by atoms with Gasteiger partial charge in [-0.15, -0.1) is 0 Å². The van der Waals surface area contributed by atoms with Crippen molar-refractivity contribution >= 4 is 11.6 Å². The molecule has 1 N–H and O–H groups in total. The van der Waals surface area contributed by atoms with Gasteiger partial charge in [-0.1, -0.05) is 60.5 Å². The number of benzene rings is 2. The van der Waals surface area contributed by atoms with Gasteiger partial charge in [0, 0.05) is 6.04 Å². The molecule has 0 amide bonds. The zero-order valence-corrected chi connectivity index (χ0v) is 12.5. The maximum Gasteiger partial charge on any atom is 0.142 e. The Morgan fingerprint density at radius 2 is 1.95 bits per heavy atom. The van der Waals surface area contributed by atoms with Crippen LogP contribution in [0.5, 0.6) is 0 Å². The monoisotopic (exact) mass is 291 g/mol. The summed E-state index contributed by atoms with van der Waals surface area (Å²) >= 11 is 6.11. The minimum Gasteiger partial charge on any atom is -0.310 e. The van der Waals surface area contributed by atoms with Gasteiger partial charge >= 0.3 is 0 Å². The van der Waals surface area contributed by atoms with Crippen LogP contribution in [0.25, 0.3) is 0 Å². The van der Waals surface area contributed by atoms with Crippen LogP contribution in [0.4, 0.5) is 4.39 Å². The lowest BCUT2D eigenvalue weighted by Gasteiger charge is -2.20. The summed E-state index contributed by atoms with van der Waals surface area (Å²) in [7, 11) is 0. The molecule has 0 fully saturated rings. The van der Waals surface area contributed by atoms with Crippen molar-refractivity contribution in [3.8, 4) is 0 Å². The first kappa shape index (κ1) is 15.0. The van der Waals surface area contributed by atoms with Gasteiger partial charge in [-0.05, 0) is 37.1 Å². The quantitative estimate of drug-likeness (QED) is 0.843. The van der Waals surface area contributed by atoms with Crippen LogP contribution in [-0.2, 0) is 6.42 Å². The molecule has 0 aliphatic rings. The van der Waals surface area contributed by atoms with Gasteiger partial charge in [-0.2, -0.15) is 0 Å². The summed E-state index contributed by atoms with van der Waals surface area (Å²) < 4.78 is 13.6. The van der Waals surface area contributed by atoms with E-state index in [1.165, 1.54) is 17.2 Å². The van der Waals surface area contributed by atoms with Crippen LogP contribution in [0.2, 0.25) is 5.02 Å². The fraction of sp³-hybridized carbons (Fsp3) is 0.294. The van der Waals surface area contributed by atoms with Crippen molar-refractivity contribution in [1.29, 1.82) is 0 Å². The summed E-state index contributed by atoms with van der Waals surface area (Å²) in [6.07, 6.45) is 0.790. The van der Waals surface area contributed by atoms with E-state index in [0.29, 0.717) is 0 Å². The number of likely N-dealkylation sites (N-methyl/N-ethyl adjacent to an activating group) is 1. The lowest BCUT2D eigenvalue weighted by molar-refractivity contribution is 0.543. The van der Waals surface area contributed by atoms with E-state index in [2.05, 4.69) is 30.4 Å². The number of hydrogen-bond donors (Lipinski definition) is 1. The molecule has 106 valence electrons. The van der Waals surface area contributed by atoms with Gasteiger partial charge in [0.25, 0.3) is 0 Å². The van der Waals surface area contributed by atoms with E-state index in [1.54, 1.807) is 6.07 Å². The molecule has 0 radical (unpaired) electrons. The second kappa shape index (κ2) is 6.87. The highest BCUT2D eigenvalue weighted by Gasteiger charge is 2.16. The van der Waals surface area contributed by atoms with Crippen molar-refractivity contribution in [3.63, 3.8) is 0 Å². The van der Waals surface area contributed by atoms with Gasteiger partial charge in [0.2, 0.25) is 0 Å². The maximum absolute atomic E-state index is 13.6. The van der Waals surface area contributed by atoms with Crippen LogP contribution in [-0.4, -0.2) is 6.54 Å². The van der Waals surface area contributed by atoms with Crippen LogP contribution in [0, 0.1) is 12.7 Å². The Labute approximate surface area is 124 Å². The molecule has 0 heterocycles. The molecule has 2 rings (SSSR count). The summed E-state index contributed by atoms with van der Waals surface area (Å²) in [6, 6.07) is 13.3. The van der Waals surface area contributed by atoms with Crippen LogP contribution in [0.15, 0.2) is 42.5 Å². The standard InChI is InChI=1S/C17H19ClFN/c1-3-20-16(11-13-7-4-6-12(2)10-13)14-8-5-9-15(19)17(14)18/h4-10,16,20H,3,11H2,1-2H3. The molecule has 0 aliphatic carbocycles. The van der Waals surface area contributed by atoms with Crippen molar-refractivity contribution in [2.45, 2.75) is 26.3 Å². The van der Waals surface area contributed by atoms with Crippen molar-refractivity contribution in [2.75, 3.05) is 6.54 Å². The number of aryl methyl sites for hydroxylation is 1. The first-order valence-electron chi connectivity index (χ1n) is 6.84. The van der Waals surface area contributed by atoms with Crippen LogP contribution in [0.1, 0.15) is 29.7 Å². The molecule has 1 unspecified atom stereocenters. The van der Waals surface area contributed by atoms with E-state index < -0.39 is 0 Å². The van der Waals surface area contributed by atoms with E-state index in [1.807, 2.05) is 19.1 Å². The molecule has 0 saturated heterocycles. The second-order valence-corrected chi connectivity index (χ2v) is 5.32. The molecule has 20 heavy (non-hydrogen) atoms. The molecule has 0 aromatic heterocycles.